The number of hydrogen-bond acceptors (Lipinski definition) is 6. The molecule has 1 amide bonds. The minimum Gasteiger partial charge on any atom is -0.384 e. The van der Waals surface area contributed by atoms with Gasteiger partial charge in [0, 0.05) is 6.20 Å². The van der Waals surface area contributed by atoms with Crippen LogP contribution in [0.25, 0.3) is 0 Å². The van der Waals surface area contributed by atoms with Gasteiger partial charge >= 0.3 is 0 Å². The fraction of sp³-hybridized carbons (Fsp3) is 0. The van der Waals surface area contributed by atoms with Gasteiger partial charge in [-0.1, -0.05) is 11.3 Å². The Kier molecular flexibility index (Phi) is 2.55. The molecule has 3 N–H and O–H groups in total. The Bertz CT molecular complexity index is 452. The maximum atomic E-state index is 11.6. The normalized spacial score (nSPS) is 9.87. The molecule has 2 aromatic rings. The molecular formula is C8H7N5OS. The standard InChI is InChI=1S/C8H7N5OS/c9-6-2-1-5(3-10-6)7(14)12-8-13-11-4-15-8/h1-4H,(H2,9,10)(H,12,13,14). The number of nitrogens with one attached hydrogen (secondary N) is 1. The molecule has 0 spiro atoms. The van der Waals surface area contributed by atoms with Crippen molar-refractivity contribution in [2.75, 3.05) is 11.1 Å². The van der Waals surface area contributed by atoms with Crippen LogP contribution in [0.4, 0.5) is 10.9 Å². The number of amides is 1. The smallest absolute Gasteiger partial charge is 0.259 e. The summed E-state index contributed by atoms with van der Waals surface area (Å²) in [6, 6.07) is 3.16. The summed E-state index contributed by atoms with van der Waals surface area (Å²) in [7, 11) is 0. The Morgan fingerprint density at radius 3 is 2.93 bits per heavy atom. The van der Waals surface area contributed by atoms with E-state index in [1.807, 2.05) is 0 Å². The molecule has 0 fully saturated rings. The Morgan fingerprint density at radius 2 is 2.33 bits per heavy atom. The number of nitrogen functional groups attached to an aromatic ring is 1. The number of hydrogen-bond donors (Lipinski definition) is 2. The van der Waals surface area contributed by atoms with Gasteiger partial charge in [0.05, 0.1) is 5.56 Å². The number of rotatable bonds is 2. The van der Waals surface area contributed by atoms with Gasteiger partial charge in [-0.25, -0.2) is 4.98 Å². The summed E-state index contributed by atoms with van der Waals surface area (Å²) in [6.07, 6.45) is 1.41. The minimum absolute atomic E-state index is 0.278. The third-order valence-corrected chi connectivity index (χ3v) is 2.24. The monoisotopic (exact) mass is 221 g/mol. The quantitative estimate of drug-likeness (QED) is 0.781. The van der Waals surface area contributed by atoms with Crippen LogP contribution in [0.5, 0.6) is 0 Å². The van der Waals surface area contributed by atoms with E-state index in [9.17, 15) is 4.79 Å². The summed E-state index contributed by atoms with van der Waals surface area (Å²) in [6.45, 7) is 0. The largest absolute Gasteiger partial charge is 0.384 e. The fourth-order valence-corrected chi connectivity index (χ4v) is 1.38. The summed E-state index contributed by atoms with van der Waals surface area (Å²) in [4.78, 5) is 15.4. The highest BCUT2D eigenvalue weighted by molar-refractivity contribution is 7.13. The van der Waals surface area contributed by atoms with Gasteiger partial charge in [-0.15, -0.1) is 10.2 Å². The van der Waals surface area contributed by atoms with Crippen molar-refractivity contribution in [2.45, 2.75) is 0 Å². The second-order valence-electron chi connectivity index (χ2n) is 2.67. The molecule has 2 rings (SSSR count). The molecule has 0 aliphatic rings. The van der Waals surface area contributed by atoms with Gasteiger partial charge in [0.2, 0.25) is 5.13 Å². The third kappa shape index (κ3) is 2.26. The SMILES string of the molecule is Nc1ccc(C(=O)Nc2nncs2)cn1. The van der Waals surface area contributed by atoms with Crippen molar-refractivity contribution >= 4 is 28.2 Å². The lowest BCUT2D eigenvalue weighted by molar-refractivity contribution is 0.102. The van der Waals surface area contributed by atoms with Gasteiger partial charge in [0.1, 0.15) is 11.3 Å². The molecule has 15 heavy (non-hydrogen) atoms. The van der Waals surface area contributed by atoms with Gasteiger partial charge in [-0.2, -0.15) is 0 Å². The molecule has 76 valence electrons. The number of anilines is 2. The lowest BCUT2D eigenvalue weighted by atomic mass is 10.2. The number of carbonyl (C=O) groups is 1. The summed E-state index contributed by atoms with van der Waals surface area (Å²) in [5, 5.41) is 10.3. The van der Waals surface area contributed by atoms with E-state index in [0.29, 0.717) is 16.5 Å². The number of nitrogens with zero attached hydrogens (tertiary/aromatic N) is 3. The minimum atomic E-state index is -0.278. The molecule has 0 atom stereocenters. The van der Waals surface area contributed by atoms with Gasteiger partial charge in [0.25, 0.3) is 5.91 Å². The molecule has 0 aliphatic heterocycles. The van der Waals surface area contributed by atoms with E-state index in [1.165, 1.54) is 23.0 Å². The van der Waals surface area contributed by atoms with E-state index in [0.717, 1.165) is 0 Å². The number of carbonyl (C=O) groups excluding carboxylic acids is 1. The number of aromatic nitrogens is 3. The number of pyridine rings is 1. The van der Waals surface area contributed by atoms with Gasteiger partial charge < -0.3 is 5.73 Å². The molecule has 0 unspecified atom stereocenters. The summed E-state index contributed by atoms with van der Waals surface area (Å²) < 4.78 is 0. The molecule has 6 nitrogen and oxygen atoms in total. The zero-order valence-corrected chi connectivity index (χ0v) is 8.36. The zero-order valence-electron chi connectivity index (χ0n) is 7.54. The molecule has 0 saturated carbocycles. The lowest BCUT2D eigenvalue weighted by Crippen LogP contribution is -2.12. The van der Waals surface area contributed by atoms with Crippen LogP contribution in [0.3, 0.4) is 0 Å². The molecular weight excluding hydrogens is 214 g/mol. The van der Waals surface area contributed by atoms with Crippen molar-refractivity contribution in [3.05, 3.63) is 29.4 Å². The van der Waals surface area contributed by atoms with Crippen molar-refractivity contribution in [3.8, 4) is 0 Å². The second kappa shape index (κ2) is 4.01. The zero-order chi connectivity index (χ0) is 10.7. The van der Waals surface area contributed by atoms with Crippen LogP contribution in [-0.2, 0) is 0 Å². The molecule has 0 saturated heterocycles. The van der Waals surface area contributed by atoms with Crippen molar-refractivity contribution in [3.63, 3.8) is 0 Å². The molecule has 0 aromatic carbocycles. The van der Waals surface area contributed by atoms with E-state index in [4.69, 9.17) is 5.73 Å². The van der Waals surface area contributed by atoms with E-state index >= 15 is 0 Å². The molecule has 0 bridgehead atoms. The van der Waals surface area contributed by atoms with Crippen molar-refractivity contribution in [1.29, 1.82) is 0 Å². The Morgan fingerprint density at radius 1 is 1.47 bits per heavy atom. The first-order chi connectivity index (χ1) is 7.25. The number of nitrogens with two attached hydrogens (primary N) is 1. The van der Waals surface area contributed by atoms with Gasteiger partial charge in [-0.05, 0) is 12.1 Å². The van der Waals surface area contributed by atoms with E-state index in [2.05, 4.69) is 20.5 Å². The Balaban J connectivity index is 2.11. The molecule has 2 aromatic heterocycles. The van der Waals surface area contributed by atoms with Gasteiger partial charge in [-0.3, -0.25) is 10.1 Å². The summed E-state index contributed by atoms with van der Waals surface area (Å²) >= 11 is 1.25. The Labute approximate surface area is 89.2 Å². The van der Waals surface area contributed by atoms with Gasteiger partial charge in [0.15, 0.2) is 0 Å². The predicted octanol–water partition coefficient (Wildman–Crippen LogP) is 0.768. The highest BCUT2D eigenvalue weighted by Crippen LogP contribution is 2.10. The lowest BCUT2D eigenvalue weighted by Gasteiger charge is -2.00. The van der Waals surface area contributed by atoms with E-state index in [-0.39, 0.29) is 5.91 Å². The predicted molar refractivity (Wildman–Crippen MR) is 56.5 cm³/mol. The maximum absolute atomic E-state index is 11.6. The second-order valence-corrected chi connectivity index (χ2v) is 3.50. The van der Waals surface area contributed by atoms with Crippen LogP contribution in [-0.4, -0.2) is 21.1 Å². The Hall–Kier alpha value is -2.02. The summed E-state index contributed by atoms with van der Waals surface area (Å²) in [5.41, 5.74) is 7.37. The first kappa shape index (κ1) is 9.53. The molecule has 0 aliphatic carbocycles. The van der Waals surface area contributed by atoms with Crippen LogP contribution in [0, 0.1) is 0 Å². The first-order valence-electron chi connectivity index (χ1n) is 4.05. The summed E-state index contributed by atoms with van der Waals surface area (Å²) in [5.74, 6) is 0.0988. The van der Waals surface area contributed by atoms with E-state index < -0.39 is 0 Å². The van der Waals surface area contributed by atoms with Crippen LogP contribution >= 0.6 is 11.3 Å². The molecule has 7 heteroatoms. The van der Waals surface area contributed by atoms with Crippen LogP contribution in [0.15, 0.2) is 23.8 Å². The maximum Gasteiger partial charge on any atom is 0.259 e. The fourth-order valence-electron chi connectivity index (χ4n) is 0.936. The van der Waals surface area contributed by atoms with Crippen LogP contribution in [0.2, 0.25) is 0 Å². The average molecular weight is 221 g/mol. The highest BCUT2D eigenvalue weighted by Gasteiger charge is 2.07. The average Bonchev–Trinajstić information content (AvgIpc) is 2.71. The van der Waals surface area contributed by atoms with Crippen molar-refractivity contribution < 1.29 is 4.79 Å². The third-order valence-electron chi connectivity index (χ3n) is 1.63. The van der Waals surface area contributed by atoms with Crippen LogP contribution < -0.4 is 11.1 Å². The highest BCUT2D eigenvalue weighted by atomic mass is 32.1. The van der Waals surface area contributed by atoms with E-state index in [1.54, 1.807) is 12.1 Å². The van der Waals surface area contributed by atoms with Crippen molar-refractivity contribution in [2.24, 2.45) is 0 Å². The topological polar surface area (TPSA) is 93.8 Å². The molecule has 0 radical (unpaired) electrons. The molecule has 2 heterocycles. The van der Waals surface area contributed by atoms with Crippen molar-refractivity contribution in [1.82, 2.24) is 15.2 Å². The first-order valence-corrected chi connectivity index (χ1v) is 4.93. The van der Waals surface area contributed by atoms with Crippen LogP contribution in [0.1, 0.15) is 10.4 Å².